The average molecular weight is 351 g/mol. The molecule has 0 aliphatic rings. The standard InChI is InChI=1S/C20H21N3O3/c1-13-3-2-4-16(11-13)15-7-5-14(6-8-15)9-10-21-18(24)12-17-19(25)23-20(26)22-17/h2-8,11,25H,9-10,12H2,1H3,(H,21,24)(H2,22,23,26). The van der Waals surface area contributed by atoms with Gasteiger partial charge in [-0.1, -0.05) is 54.1 Å². The minimum Gasteiger partial charge on any atom is -0.493 e. The summed E-state index contributed by atoms with van der Waals surface area (Å²) >= 11 is 0. The Morgan fingerprint density at radius 1 is 1.08 bits per heavy atom. The van der Waals surface area contributed by atoms with Crippen molar-refractivity contribution in [3.8, 4) is 17.0 Å². The molecule has 0 spiro atoms. The number of H-pyrrole nitrogens is 2. The molecular formula is C20H21N3O3. The Bertz CT molecular complexity index is 955. The van der Waals surface area contributed by atoms with Crippen molar-refractivity contribution >= 4 is 5.91 Å². The van der Waals surface area contributed by atoms with Gasteiger partial charge >= 0.3 is 5.69 Å². The van der Waals surface area contributed by atoms with Crippen LogP contribution in [0.4, 0.5) is 0 Å². The molecule has 2 aromatic carbocycles. The van der Waals surface area contributed by atoms with Crippen molar-refractivity contribution in [2.24, 2.45) is 0 Å². The molecule has 0 saturated heterocycles. The summed E-state index contributed by atoms with van der Waals surface area (Å²) in [5.41, 5.74) is 4.36. The van der Waals surface area contributed by atoms with Crippen LogP contribution in [0.1, 0.15) is 16.8 Å². The molecule has 0 aliphatic heterocycles. The second kappa shape index (κ2) is 7.74. The zero-order valence-electron chi connectivity index (χ0n) is 14.5. The predicted molar refractivity (Wildman–Crippen MR) is 100 cm³/mol. The number of aromatic nitrogens is 2. The Kier molecular flexibility index (Phi) is 5.22. The lowest BCUT2D eigenvalue weighted by atomic mass is 10.0. The zero-order valence-corrected chi connectivity index (χ0v) is 14.5. The van der Waals surface area contributed by atoms with E-state index in [1.165, 1.54) is 11.1 Å². The SMILES string of the molecule is Cc1cccc(-c2ccc(CCNC(=O)Cc3[nH]c(=O)[nH]c3O)cc2)c1. The summed E-state index contributed by atoms with van der Waals surface area (Å²) in [7, 11) is 0. The fourth-order valence-electron chi connectivity index (χ4n) is 2.80. The third-order valence-corrected chi connectivity index (χ3v) is 4.16. The third-order valence-electron chi connectivity index (χ3n) is 4.16. The number of rotatable bonds is 6. The average Bonchev–Trinajstić information content (AvgIpc) is 2.92. The molecule has 0 radical (unpaired) electrons. The van der Waals surface area contributed by atoms with E-state index in [1.54, 1.807) is 0 Å². The summed E-state index contributed by atoms with van der Waals surface area (Å²) in [5.74, 6) is -0.552. The van der Waals surface area contributed by atoms with Gasteiger partial charge in [0.2, 0.25) is 11.8 Å². The van der Waals surface area contributed by atoms with E-state index in [-0.39, 0.29) is 23.9 Å². The molecule has 1 amide bonds. The van der Waals surface area contributed by atoms with Crippen LogP contribution in [-0.4, -0.2) is 27.5 Å². The molecule has 134 valence electrons. The molecule has 3 rings (SSSR count). The summed E-state index contributed by atoms with van der Waals surface area (Å²) in [5, 5.41) is 12.2. The first-order valence-electron chi connectivity index (χ1n) is 8.44. The first kappa shape index (κ1) is 17.5. The van der Waals surface area contributed by atoms with Crippen molar-refractivity contribution in [2.45, 2.75) is 19.8 Å². The van der Waals surface area contributed by atoms with Gasteiger partial charge in [-0.05, 0) is 30.0 Å². The van der Waals surface area contributed by atoms with Gasteiger partial charge in [-0.15, -0.1) is 0 Å². The number of imidazole rings is 1. The summed E-state index contributed by atoms with van der Waals surface area (Å²) in [6, 6.07) is 16.6. The number of carbonyl (C=O) groups is 1. The fraction of sp³-hybridized carbons (Fsp3) is 0.200. The van der Waals surface area contributed by atoms with Crippen LogP contribution in [0.15, 0.2) is 53.3 Å². The van der Waals surface area contributed by atoms with Gasteiger partial charge in [-0.2, -0.15) is 0 Å². The highest BCUT2D eigenvalue weighted by Gasteiger charge is 2.10. The van der Waals surface area contributed by atoms with E-state index in [4.69, 9.17) is 0 Å². The van der Waals surface area contributed by atoms with Gasteiger partial charge in [0.25, 0.3) is 0 Å². The zero-order chi connectivity index (χ0) is 18.5. The monoisotopic (exact) mass is 351 g/mol. The van der Waals surface area contributed by atoms with E-state index in [9.17, 15) is 14.7 Å². The molecular weight excluding hydrogens is 330 g/mol. The van der Waals surface area contributed by atoms with E-state index in [1.807, 2.05) is 6.07 Å². The maximum absolute atomic E-state index is 11.9. The number of carbonyl (C=O) groups excluding carboxylic acids is 1. The minimum absolute atomic E-state index is 0.0726. The van der Waals surface area contributed by atoms with Crippen LogP contribution >= 0.6 is 0 Å². The lowest BCUT2D eigenvalue weighted by Gasteiger charge is -2.07. The van der Waals surface area contributed by atoms with E-state index in [2.05, 4.69) is 64.7 Å². The molecule has 6 heteroatoms. The number of benzene rings is 2. The summed E-state index contributed by atoms with van der Waals surface area (Å²) in [4.78, 5) is 27.5. The Morgan fingerprint density at radius 3 is 2.50 bits per heavy atom. The molecule has 0 saturated carbocycles. The Morgan fingerprint density at radius 2 is 1.85 bits per heavy atom. The number of nitrogens with one attached hydrogen (secondary N) is 3. The van der Waals surface area contributed by atoms with Crippen LogP contribution in [0.2, 0.25) is 0 Å². The van der Waals surface area contributed by atoms with E-state index in [0.717, 1.165) is 11.1 Å². The first-order chi connectivity index (χ1) is 12.5. The number of hydrogen-bond acceptors (Lipinski definition) is 3. The number of aromatic amines is 2. The van der Waals surface area contributed by atoms with Crippen molar-refractivity contribution < 1.29 is 9.90 Å². The molecule has 26 heavy (non-hydrogen) atoms. The maximum atomic E-state index is 11.9. The van der Waals surface area contributed by atoms with Gasteiger partial charge in [-0.25, -0.2) is 4.79 Å². The van der Waals surface area contributed by atoms with Crippen LogP contribution in [0, 0.1) is 6.92 Å². The molecule has 0 atom stereocenters. The number of aryl methyl sites for hydroxylation is 1. The molecule has 1 heterocycles. The largest absolute Gasteiger partial charge is 0.493 e. The molecule has 0 fully saturated rings. The normalized spacial score (nSPS) is 10.7. The molecule has 1 aromatic heterocycles. The fourth-order valence-corrected chi connectivity index (χ4v) is 2.80. The number of aromatic hydroxyl groups is 1. The third kappa shape index (κ3) is 4.42. The molecule has 0 bridgehead atoms. The molecule has 3 aromatic rings. The molecule has 0 unspecified atom stereocenters. The van der Waals surface area contributed by atoms with E-state index >= 15 is 0 Å². The van der Waals surface area contributed by atoms with Gasteiger partial charge in [0.1, 0.15) is 0 Å². The Labute approximate surface area is 150 Å². The molecule has 0 aliphatic carbocycles. The van der Waals surface area contributed by atoms with Crippen LogP contribution in [0.5, 0.6) is 5.88 Å². The highest BCUT2D eigenvalue weighted by atomic mass is 16.3. The minimum atomic E-state index is -0.529. The lowest BCUT2D eigenvalue weighted by molar-refractivity contribution is -0.120. The van der Waals surface area contributed by atoms with Crippen molar-refractivity contribution in [2.75, 3.05) is 6.54 Å². The van der Waals surface area contributed by atoms with Crippen molar-refractivity contribution in [1.29, 1.82) is 0 Å². The second-order valence-electron chi connectivity index (χ2n) is 6.25. The van der Waals surface area contributed by atoms with E-state index in [0.29, 0.717) is 13.0 Å². The number of hydrogen-bond donors (Lipinski definition) is 4. The second-order valence-corrected chi connectivity index (χ2v) is 6.25. The summed E-state index contributed by atoms with van der Waals surface area (Å²) < 4.78 is 0. The highest BCUT2D eigenvalue weighted by molar-refractivity contribution is 5.78. The maximum Gasteiger partial charge on any atom is 0.325 e. The Balaban J connectivity index is 1.51. The highest BCUT2D eigenvalue weighted by Crippen LogP contribution is 2.20. The number of amides is 1. The first-order valence-corrected chi connectivity index (χ1v) is 8.44. The van der Waals surface area contributed by atoms with Crippen LogP contribution < -0.4 is 11.0 Å². The van der Waals surface area contributed by atoms with Crippen molar-refractivity contribution in [1.82, 2.24) is 15.3 Å². The lowest BCUT2D eigenvalue weighted by Crippen LogP contribution is -2.27. The topological polar surface area (TPSA) is 98.0 Å². The quantitative estimate of drug-likeness (QED) is 0.548. The van der Waals surface area contributed by atoms with Crippen LogP contribution in [-0.2, 0) is 17.6 Å². The van der Waals surface area contributed by atoms with Gasteiger partial charge in [0.15, 0.2) is 0 Å². The van der Waals surface area contributed by atoms with Crippen molar-refractivity contribution in [3.63, 3.8) is 0 Å². The van der Waals surface area contributed by atoms with Crippen molar-refractivity contribution in [3.05, 3.63) is 75.8 Å². The van der Waals surface area contributed by atoms with Crippen LogP contribution in [0.3, 0.4) is 0 Å². The van der Waals surface area contributed by atoms with E-state index < -0.39 is 5.69 Å². The Hall–Kier alpha value is -3.28. The van der Waals surface area contributed by atoms with Gasteiger partial charge in [0.05, 0.1) is 12.1 Å². The van der Waals surface area contributed by atoms with Crippen LogP contribution in [0.25, 0.3) is 11.1 Å². The predicted octanol–water partition coefficient (Wildman–Crippen LogP) is 2.29. The summed E-state index contributed by atoms with van der Waals surface area (Å²) in [6.07, 6.45) is 0.631. The van der Waals surface area contributed by atoms with Gasteiger partial charge in [-0.3, -0.25) is 9.78 Å². The molecule has 6 nitrogen and oxygen atoms in total. The van der Waals surface area contributed by atoms with Gasteiger partial charge < -0.3 is 15.4 Å². The van der Waals surface area contributed by atoms with Gasteiger partial charge in [0, 0.05) is 6.54 Å². The summed E-state index contributed by atoms with van der Waals surface area (Å²) in [6.45, 7) is 2.56. The molecule has 4 N–H and O–H groups in total. The smallest absolute Gasteiger partial charge is 0.325 e.